The van der Waals surface area contributed by atoms with Crippen molar-refractivity contribution in [2.75, 3.05) is 11.9 Å². The summed E-state index contributed by atoms with van der Waals surface area (Å²) in [5.41, 5.74) is 1.57. The Morgan fingerprint density at radius 1 is 1.20 bits per heavy atom. The van der Waals surface area contributed by atoms with Crippen molar-refractivity contribution in [1.82, 2.24) is 15.3 Å². The summed E-state index contributed by atoms with van der Waals surface area (Å²) in [5, 5.41) is 5.77. The van der Waals surface area contributed by atoms with Gasteiger partial charge in [0.1, 0.15) is 0 Å². The first-order chi connectivity index (χ1) is 9.79. The fourth-order valence-electron chi connectivity index (χ4n) is 1.58. The van der Waals surface area contributed by atoms with E-state index in [1.807, 2.05) is 30.3 Å². The highest BCUT2D eigenvalue weighted by molar-refractivity contribution is 5.93. The molecule has 5 nitrogen and oxygen atoms in total. The number of hydrogen-bond donors (Lipinski definition) is 2. The Morgan fingerprint density at radius 2 is 1.90 bits per heavy atom. The molecule has 20 heavy (non-hydrogen) atoms. The van der Waals surface area contributed by atoms with Gasteiger partial charge >= 0.3 is 0 Å². The largest absolute Gasteiger partial charge is 0.350 e. The second kappa shape index (κ2) is 7.04. The van der Waals surface area contributed by atoms with E-state index in [0.717, 1.165) is 5.56 Å². The second-order valence-electron chi connectivity index (χ2n) is 4.13. The lowest BCUT2D eigenvalue weighted by Crippen LogP contribution is -2.23. The second-order valence-corrected chi connectivity index (χ2v) is 4.13. The number of anilines is 1. The van der Waals surface area contributed by atoms with Crippen LogP contribution in [0.3, 0.4) is 0 Å². The minimum Gasteiger partial charge on any atom is -0.350 e. The van der Waals surface area contributed by atoms with Gasteiger partial charge in [-0.3, -0.25) is 4.79 Å². The molecule has 0 bridgehead atoms. The molecule has 1 heterocycles. The number of nitrogens with one attached hydrogen (secondary N) is 2. The molecule has 2 rings (SSSR count). The number of nitrogens with zero attached hydrogens (tertiary/aromatic N) is 2. The molecule has 0 saturated carbocycles. The van der Waals surface area contributed by atoms with E-state index in [2.05, 4.69) is 27.2 Å². The zero-order valence-electron chi connectivity index (χ0n) is 11.0. The van der Waals surface area contributed by atoms with Crippen LogP contribution < -0.4 is 10.6 Å². The van der Waals surface area contributed by atoms with Crippen LogP contribution in [0, 0.1) is 0 Å². The molecule has 0 aliphatic heterocycles. The summed E-state index contributed by atoms with van der Waals surface area (Å²) in [5.74, 6) is 0.286. The molecule has 1 amide bonds. The van der Waals surface area contributed by atoms with Gasteiger partial charge in [0, 0.05) is 25.5 Å². The van der Waals surface area contributed by atoms with E-state index < -0.39 is 0 Å². The van der Waals surface area contributed by atoms with Gasteiger partial charge in [-0.2, -0.15) is 0 Å². The smallest absolute Gasteiger partial charge is 0.254 e. The van der Waals surface area contributed by atoms with Crippen LogP contribution in [0.5, 0.6) is 0 Å². The van der Waals surface area contributed by atoms with Crippen LogP contribution in [0.1, 0.15) is 15.9 Å². The van der Waals surface area contributed by atoms with Crippen LogP contribution in [-0.2, 0) is 6.54 Å². The molecule has 0 saturated heterocycles. The van der Waals surface area contributed by atoms with E-state index in [-0.39, 0.29) is 5.91 Å². The van der Waals surface area contributed by atoms with Crippen molar-refractivity contribution >= 4 is 11.9 Å². The third-order valence-electron chi connectivity index (χ3n) is 2.61. The highest BCUT2D eigenvalue weighted by atomic mass is 16.1. The van der Waals surface area contributed by atoms with Gasteiger partial charge in [0.25, 0.3) is 5.91 Å². The van der Waals surface area contributed by atoms with Gasteiger partial charge in [-0.15, -0.1) is 6.58 Å². The summed E-state index contributed by atoms with van der Waals surface area (Å²) in [6.45, 7) is 4.60. The lowest BCUT2D eigenvalue weighted by Gasteiger charge is -2.05. The minimum absolute atomic E-state index is 0.209. The summed E-state index contributed by atoms with van der Waals surface area (Å²) in [6.07, 6.45) is 4.62. The van der Waals surface area contributed by atoms with E-state index >= 15 is 0 Å². The number of benzene rings is 1. The van der Waals surface area contributed by atoms with Crippen molar-refractivity contribution in [2.45, 2.75) is 6.54 Å². The summed E-state index contributed by atoms with van der Waals surface area (Å²) >= 11 is 0. The maximum absolute atomic E-state index is 11.6. The molecule has 0 aliphatic carbocycles. The van der Waals surface area contributed by atoms with Crippen molar-refractivity contribution in [3.05, 3.63) is 66.5 Å². The van der Waals surface area contributed by atoms with Gasteiger partial charge in [-0.1, -0.05) is 36.4 Å². The lowest BCUT2D eigenvalue weighted by molar-refractivity contribution is 0.0957. The number of amides is 1. The van der Waals surface area contributed by atoms with E-state index in [0.29, 0.717) is 24.6 Å². The van der Waals surface area contributed by atoms with Crippen molar-refractivity contribution in [3.8, 4) is 0 Å². The zero-order chi connectivity index (χ0) is 14.2. The van der Waals surface area contributed by atoms with Gasteiger partial charge in [0.15, 0.2) is 0 Å². The molecule has 102 valence electrons. The molecule has 0 fully saturated rings. The van der Waals surface area contributed by atoms with E-state index in [4.69, 9.17) is 0 Å². The molecule has 2 aromatic rings. The number of hydrogen-bond acceptors (Lipinski definition) is 4. The molecule has 5 heteroatoms. The van der Waals surface area contributed by atoms with Crippen molar-refractivity contribution < 1.29 is 4.79 Å². The van der Waals surface area contributed by atoms with Crippen LogP contribution in [0.4, 0.5) is 5.95 Å². The zero-order valence-corrected chi connectivity index (χ0v) is 11.0. The predicted octanol–water partition coefficient (Wildman–Crippen LogP) is 2.00. The monoisotopic (exact) mass is 268 g/mol. The van der Waals surface area contributed by atoms with Crippen molar-refractivity contribution in [2.24, 2.45) is 0 Å². The molecule has 0 radical (unpaired) electrons. The molecule has 0 spiro atoms. The van der Waals surface area contributed by atoms with Gasteiger partial charge in [-0.05, 0) is 5.56 Å². The quantitative estimate of drug-likeness (QED) is 0.786. The van der Waals surface area contributed by atoms with Crippen LogP contribution in [0.15, 0.2) is 55.4 Å². The molecule has 2 N–H and O–H groups in total. The minimum atomic E-state index is -0.209. The molecular formula is C15H16N4O. The first-order valence-electron chi connectivity index (χ1n) is 6.28. The maximum atomic E-state index is 11.6. The SMILES string of the molecule is C=CCNC(=O)c1cnc(NCc2ccccc2)nc1. The Hall–Kier alpha value is -2.69. The Balaban J connectivity index is 1.91. The van der Waals surface area contributed by atoms with E-state index in [1.165, 1.54) is 12.4 Å². The van der Waals surface area contributed by atoms with Crippen molar-refractivity contribution in [3.63, 3.8) is 0 Å². The van der Waals surface area contributed by atoms with E-state index in [1.54, 1.807) is 6.08 Å². The average Bonchev–Trinajstić information content (AvgIpc) is 2.52. The first kappa shape index (κ1) is 13.7. The van der Waals surface area contributed by atoms with E-state index in [9.17, 15) is 4.79 Å². The number of carbonyl (C=O) groups excluding carboxylic acids is 1. The standard InChI is InChI=1S/C15H16N4O/c1-2-8-16-14(20)13-10-18-15(19-11-13)17-9-12-6-4-3-5-7-12/h2-7,10-11H,1,8-9H2,(H,16,20)(H,17,18,19). The molecule has 0 unspecified atom stereocenters. The third-order valence-corrected chi connectivity index (χ3v) is 2.61. The number of rotatable bonds is 6. The Bertz CT molecular complexity index is 566. The van der Waals surface area contributed by atoms with Gasteiger partial charge in [0.2, 0.25) is 5.95 Å². The Morgan fingerprint density at radius 3 is 2.55 bits per heavy atom. The molecule has 0 atom stereocenters. The molecular weight excluding hydrogens is 252 g/mol. The van der Waals surface area contributed by atoms with Crippen molar-refractivity contribution in [1.29, 1.82) is 0 Å². The topological polar surface area (TPSA) is 66.9 Å². The average molecular weight is 268 g/mol. The fourth-order valence-corrected chi connectivity index (χ4v) is 1.58. The summed E-state index contributed by atoms with van der Waals surface area (Å²) in [4.78, 5) is 19.9. The summed E-state index contributed by atoms with van der Waals surface area (Å²) < 4.78 is 0. The molecule has 1 aromatic heterocycles. The number of aromatic nitrogens is 2. The maximum Gasteiger partial charge on any atom is 0.254 e. The predicted molar refractivity (Wildman–Crippen MR) is 78.3 cm³/mol. The number of carbonyl (C=O) groups is 1. The van der Waals surface area contributed by atoms with Crippen LogP contribution in [-0.4, -0.2) is 22.4 Å². The van der Waals surface area contributed by atoms with Crippen LogP contribution >= 0.6 is 0 Å². The van der Waals surface area contributed by atoms with Gasteiger partial charge < -0.3 is 10.6 Å². The third kappa shape index (κ3) is 3.91. The highest BCUT2D eigenvalue weighted by Gasteiger charge is 2.05. The first-order valence-corrected chi connectivity index (χ1v) is 6.28. The molecule has 1 aromatic carbocycles. The lowest BCUT2D eigenvalue weighted by atomic mass is 10.2. The normalized spacial score (nSPS) is 9.80. The van der Waals surface area contributed by atoms with Gasteiger partial charge in [-0.25, -0.2) is 9.97 Å². The summed E-state index contributed by atoms with van der Waals surface area (Å²) in [6, 6.07) is 9.96. The van der Waals surface area contributed by atoms with Crippen LogP contribution in [0.2, 0.25) is 0 Å². The van der Waals surface area contributed by atoms with Gasteiger partial charge in [0.05, 0.1) is 5.56 Å². The van der Waals surface area contributed by atoms with Crippen LogP contribution in [0.25, 0.3) is 0 Å². The Labute approximate surface area is 117 Å². The highest BCUT2D eigenvalue weighted by Crippen LogP contribution is 2.04. The fraction of sp³-hybridized carbons (Fsp3) is 0.133. The summed E-state index contributed by atoms with van der Waals surface area (Å²) in [7, 11) is 0. The molecule has 0 aliphatic rings. The Kier molecular flexibility index (Phi) is 4.83.